The first-order valence-corrected chi connectivity index (χ1v) is 9.93. The second-order valence-corrected chi connectivity index (χ2v) is 7.84. The second-order valence-electron chi connectivity index (χ2n) is 7.84. The summed E-state index contributed by atoms with van der Waals surface area (Å²) >= 11 is 0. The molecule has 7 heteroatoms. The summed E-state index contributed by atoms with van der Waals surface area (Å²) in [6, 6.07) is 7.05. The molecule has 1 aromatic carbocycles. The summed E-state index contributed by atoms with van der Waals surface area (Å²) in [7, 11) is 1.61. The van der Waals surface area contributed by atoms with Gasteiger partial charge in [0.1, 0.15) is 17.8 Å². The van der Waals surface area contributed by atoms with E-state index in [9.17, 15) is 14.4 Å². The highest BCUT2D eigenvalue weighted by Crippen LogP contribution is 2.36. The van der Waals surface area contributed by atoms with Gasteiger partial charge in [0.15, 0.2) is 0 Å². The Kier molecular flexibility index (Phi) is 5.91. The van der Waals surface area contributed by atoms with Gasteiger partial charge in [0.2, 0.25) is 5.91 Å². The fourth-order valence-corrected chi connectivity index (χ4v) is 3.98. The Labute approximate surface area is 166 Å². The lowest BCUT2D eigenvalue weighted by molar-refractivity contribution is -0.139. The number of likely N-dealkylation sites (N-methyl/N-ethyl adjacent to an activating group) is 1. The number of imide groups is 1. The summed E-state index contributed by atoms with van der Waals surface area (Å²) in [5.41, 5.74) is 0.155. The van der Waals surface area contributed by atoms with Crippen molar-refractivity contribution in [3.05, 3.63) is 29.8 Å². The summed E-state index contributed by atoms with van der Waals surface area (Å²) < 4.78 is 5.15. The SMILES string of the molecule is CCN(Cc1ccc(OC)cc1)C(=O)CN1C(=O)NC2(CCC(C)CC2)C1=O. The lowest BCUT2D eigenvalue weighted by Gasteiger charge is -2.33. The lowest BCUT2D eigenvalue weighted by Crippen LogP contribution is -2.50. The standard InChI is InChI=1S/C21H29N3O4/c1-4-23(13-16-5-7-17(28-3)8-6-16)18(25)14-24-19(26)21(22-20(24)27)11-9-15(2)10-12-21/h5-8,15H,4,9-14H2,1-3H3,(H,22,27). The number of carbonyl (C=O) groups excluding carboxylic acids is 3. The van der Waals surface area contributed by atoms with Crippen LogP contribution in [-0.2, 0) is 16.1 Å². The first kappa shape index (κ1) is 20.2. The van der Waals surface area contributed by atoms with Crippen molar-refractivity contribution in [2.45, 2.75) is 51.6 Å². The smallest absolute Gasteiger partial charge is 0.325 e. The Morgan fingerprint density at radius 2 is 1.89 bits per heavy atom. The Hall–Kier alpha value is -2.57. The van der Waals surface area contributed by atoms with Crippen LogP contribution in [0.2, 0.25) is 0 Å². The Bertz CT molecular complexity index is 739. The molecular formula is C21H29N3O4. The molecule has 0 unspecified atom stereocenters. The largest absolute Gasteiger partial charge is 0.497 e. The van der Waals surface area contributed by atoms with E-state index in [-0.39, 0.29) is 18.4 Å². The zero-order chi connectivity index (χ0) is 20.3. The first-order chi connectivity index (χ1) is 13.4. The summed E-state index contributed by atoms with van der Waals surface area (Å²) in [6.45, 7) is 4.75. The highest BCUT2D eigenvalue weighted by atomic mass is 16.5. The lowest BCUT2D eigenvalue weighted by atomic mass is 9.77. The number of hydrogen-bond donors (Lipinski definition) is 1. The molecule has 1 N–H and O–H groups in total. The fourth-order valence-electron chi connectivity index (χ4n) is 3.98. The van der Waals surface area contributed by atoms with Crippen LogP contribution in [0.1, 0.15) is 45.1 Å². The molecule has 1 heterocycles. The van der Waals surface area contributed by atoms with Crippen LogP contribution in [0.15, 0.2) is 24.3 Å². The van der Waals surface area contributed by atoms with E-state index >= 15 is 0 Å². The molecule has 1 saturated heterocycles. The molecular weight excluding hydrogens is 358 g/mol. The van der Waals surface area contributed by atoms with Crippen molar-refractivity contribution in [1.29, 1.82) is 0 Å². The van der Waals surface area contributed by atoms with Crippen LogP contribution < -0.4 is 10.1 Å². The van der Waals surface area contributed by atoms with Crippen LogP contribution in [-0.4, -0.2) is 53.4 Å². The predicted octanol–water partition coefficient (Wildman–Crippen LogP) is 2.54. The van der Waals surface area contributed by atoms with Crippen molar-refractivity contribution in [3.63, 3.8) is 0 Å². The van der Waals surface area contributed by atoms with Gasteiger partial charge in [-0.2, -0.15) is 0 Å². The van der Waals surface area contributed by atoms with E-state index in [1.807, 2.05) is 31.2 Å². The molecule has 3 rings (SSSR count). The van der Waals surface area contributed by atoms with Crippen molar-refractivity contribution in [3.8, 4) is 5.75 Å². The number of amides is 4. The van der Waals surface area contributed by atoms with Crippen molar-refractivity contribution in [1.82, 2.24) is 15.1 Å². The van der Waals surface area contributed by atoms with Gasteiger partial charge < -0.3 is 15.0 Å². The molecule has 7 nitrogen and oxygen atoms in total. The number of carbonyl (C=O) groups is 3. The maximum atomic E-state index is 12.9. The van der Waals surface area contributed by atoms with Crippen LogP contribution in [0.5, 0.6) is 5.75 Å². The molecule has 1 aromatic rings. The van der Waals surface area contributed by atoms with E-state index < -0.39 is 11.6 Å². The number of nitrogens with one attached hydrogen (secondary N) is 1. The van der Waals surface area contributed by atoms with E-state index in [0.717, 1.165) is 29.1 Å². The van der Waals surface area contributed by atoms with Crippen LogP contribution in [0.25, 0.3) is 0 Å². The topological polar surface area (TPSA) is 79.0 Å². The van der Waals surface area contributed by atoms with Gasteiger partial charge in [-0.3, -0.25) is 14.5 Å². The molecule has 1 spiro atoms. The molecule has 0 radical (unpaired) electrons. The number of rotatable bonds is 6. The highest BCUT2D eigenvalue weighted by molar-refractivity contribution is 6.09. The molecule has 0 atom stereocenters. The van der Waals surface area contributed by atoms with Gasteiger partial charge in [0, 0.05) is 13.1 Å². The molecule has 1 aliphatic heterocycles. The van der Waals surface area contributed by atoms with Gasteiger partial charge in [-0.1, -0.05) is 19.1 Å². The van der Waals surface area contributed by atoms with Crippen LogP contribution in [0.3, 0.4) is 0 Å². The van der Waals surface area contributed by atoms with Gasteiger partial charge in [-0.25, -0.2) is 4.79 Å². The summed E-state index contributed by atoms with van der Waals surface area (Å²) in [4.78, 5) is 40.9. The molecule has 1 saturated carbocycles. The zero-order valence-corrected chi connectivity index (χ0v) is 16.9. The number of urea groups is 1. The average molecular weight is 387 g/mol. The zero-order valence-electron chi connectivity index (χ0n) is 16.9. The Balaban J connectivity index is 1.65. The van der Waals surface area contributed by atoms with Crippen LogP contribution >= 0.6 is 0 Å². The van der Waals surface area contributed by atoms with Crippen LogP contribution in [0, 0.1) is 5.92 Å². The number of hydrogen-bond acceptors (Lipinski definition) is 4. The van der Waals surface area contributed by atoms with Crippen molar-refractivity contribution in [2.24, 2.45) is 5.92 Å². The molecule has 0 aromatic heterocycles. The number of benzene rings is 1. The van der Waals surface area contributed by atoms with Gasteiger partial charge in [0.25, 0.3) is 5.91 Å². The van der Waals surface area contributed by atoms with Crippen molar-refractivity contribution >= 4 is 17.8 Å². The van der Waals surface area contributed by atoms with Crippen LogP contribution in [0.4, 0.5) is 4.79 Å². The molecule has 4 amide bonds. The fraction of sp³-hybridized carbons (Fsp3) is 0.571. The van der Waals surface area contributed by atoms with Crippen molar-refractivity contribution < 1.29 is 19.1 Å². The predicted molar refractivity (Wildman–Crippen MR) is 105 cm³/mol. The third-order valence-electron chi connectivity index (χ3n) is 5.93. The monoisotopic (exact) mass is 387 g/mol. The number of ether oxygens (including phenoxy) is 1. The number of methoxy groups -OCH3 is 1. The first-order valence-electron chi connectivity index (χ1n) is 9.93. The average Bonchev–Trinajstić information content (AvgIpc) is 2.93. The van der Waals surface area contributed by atoms with Gasteiger partial charge >= 0.3 is 6.03 Å². The molecule has 28 heavy (non-hydrogen) atoms. The third kappa shape index (κ3) is 3.98. The van der Waals surface area contributed by atoms with Gasteiger partial charge in [0.05, 0.1) is 7.11 Å². The summed E-state index contributed by atoms with van der Waals surface area (Å²) in [5, 5.41) is 2.87. The second kappa shape index (κ2) is 8.20. The van der Waals surface area contributed by atoms with Gasteiger partial charge in [-0.15, -0.1) is 0 Å². The molecule has 2 aliphatic rings. The minimum Gasteiger partial charge on any atom is -0.497 e. The minimum atomic E-state index is -0.809. The normalized spacial score (nSPS) is 24.4. The highest BCUT2D eigenvalue weighted by Gasteiger charge is 2.52. The van der Waals surface area contributed by atoms with E-state index in [0.29, 0.717) is 31.8 Å². The molecule has 0 bridgehead atoms. The maximum absolute atomic E-state index is 12.9. The van der Waals surface area contributed by atoms with Crippen molar-refractivity contribution in [2.75, 3.05) is 20.2 Å². The maximum Gasteiger partial charge on any atom is 0.325 e. The molecule has 152 valence electrons. The third-order valence-corrected chi connectivity index (χ3v) is 5.93. The molecule has 2 fully saturated rings. The Morgan fingerprint density at radius 3 is 2.46 bits per heavy atom. The molecule has 1 aliphatic carbocycles. The quantitative estimate of drug-likeness (QED) is 0.761. The summed E-state index contributed by atoms with van der Waals surface area (Å²) in [5.74, 6) is 0.831. The summed E-state index contributed by atoms with van der Waals surface area (Å²) in [6.07, 6.45) is 3.11. The number of nitrogens with zero attached hydrogens (tertiary/aromatic N) is 2. The Morgan fingerprint density at radius 1 is 1.25 bits per heavy atom. The van der Waals surface area contributed by atoms with E-state index in [1.54, 1.807) is 12.0 Å². The minimum absolute atomic E-state index is 0.216. The van der Waals surface area contributed by atoms with E-state index in [2.05, 4.69) is 12.2 Å². The van der Waals surface area contributed by atoms with E-state index in [1.165, 1.54) is 0 Å². The van der Waals surface area contributed by atoms with Gasteiger partial charge in [-0.05, 0) is 56.2 Å². The van der Waals surface area contributed by atoms with E-state index in [4.69, 9.17) is 4.74 Å².